The second-order valence-electron chi connectivity index (χ2n) is 12.6. The largest absolute Gasteiger partial charge is 0.481 e. The van der Waals surface area contributed by atoms with Crippen molar-refractivity contribution in [2.24, 2.45) is 52.3 Å². The monoisotopic (exact) mass is 450 g/mol. The molecule has 4 saturated carbocycles. The summed E-state index contributed by atoms with van der Waals surface area (Å²) in [5.74, 6) is 1.50. The average molecular weight is 451 g/mol. The van der Waals surface area contributed by atoms with E-state index in [1.165, 1.54) is 19.3 Å². The van der Waals surface area contributed by atoms with Crippen molar-refractivity contribution in [3.63, 3.8) is 0 Å². The summed E-state index contributed by atoms with van der Waals surface area (Å²) in [5.41, 5.74) is 0.173. The lowest BCUT2D eigenvalue weighted by Gasteiger charge is -2.62. The molecule has 0 aromatic carbocycles. The van der Waals surface area contributed by atoms with E-state index in [1.54, 1.807) is 6.92 Å². The highest BCUT2D eigenvalue weighted by Crippen LogP contribution is 2.68. The van der Waals surface area contributed by atoms with Gasteiger partial charge in [0.2, 0.25) is 0 Å². The molecular weight excluding hydrogens is 404 g/mol. The summed E-state index contributed by atoms with van der Waals surface area (Å²) in [4.78, 5) is 11.2. The van der Waals surface area contributed by atoms with Gasteiger partial charge in [0.25, 0.3) is 0 Å². The molecule has 0 radical (unpaired) electrons. The first-order valence-electron chi connectivity index (χ1n) is 13.3. The Morgan fingerprint density at radius 2 is 1.69 bits per heavy atom. The minimum atomic E-state index is -0.939. The van der Waals surface area contributed by atoms with Crippen molar-refractivity contribution in [2.75, 3.05) is 0 Å². The van der Waals surface area contributed by atoms with Crippen molar-refractivity contribution in [1.29, 1.82) is 0 Å². The summed E-state index contributed by atoms with van der Waals surface area (Å²) in [5, 5.41) is 41.3. The van der Waals surface area contributed by atoms with Crippen LogP contribution in [0.4, 0.5) is 0 Å². The van der Waals surface area contributed by atoms with Crippen LogP contribution in [0.1, 0.15) is 91.9 Å². The predicted octanol–water partition coefficient (Wildman–Crippen LogP) is 4.47. The number of aliphatic hydroxyl groups excluding tert-OH is 3. The fourth-order valence-electron chi connectivity index (χ4n) is 9.21. The first-order chi connectivity index (χ1) is 15.0. The van der Waals surface area contributed by atoms with E-state index in [0.29, 0.717) is 41.9 Å². The normalized spacial score (nSPS) is 48.8. The maximum atomic E-state index is 11.6. The van der Waals surface area contributed by atoms with Gasteiger partial charge in [-0.25, -0.2) is 0 Å². The van der Waals surface area contributed by atoms with Gasteiger partial charge >= 0.3 is 5.97 Å². The van der Waals surface area contributed by atoms with Crippen LogP contribution in [-0.4, -0.2) is 44.7 Å². The van der Waals surface area contributed by atoms with Crippen LogP contribution in [-0.2, 0) is 4.79 Å². The highest BCUT2D eigenvalue weighted by molar-refractivity contribution is 5.70. The summed E-state index contributed by atoms with van der Waals surface area (Å²) in [7, 11) is 0. The maximum Gasteiger partial charge on any atom is 0.308 e. The first kappa shape index (κ1) is 24.5. The molecule has 184 valence electrons. The molecule has 0 heterocycles. The first-order valence-corrected chi connectivity index (χ1v) is 13.3. The second-order valence-corrected chi connectivity index (χ2v) is 12.6. The summed E-state index contributed by atoms with van der Waals surface area (Å²) >= 11 is 0. The van der Waals surface area contributed by atoms with Gasteiger partial charge in [0.05, 0.1) is 24.2 Å². The number of aliphatic carboxylic acids is 1. The lowest BCUT2D eigenvalue weighted by atomic mass is 9.43. The molecule has 12 atom stereocenters. The van der Waals surface area contributed by atoms with Gasteiger partial charge < -0.3 is 20.4 Å². The van der Waals surface area contributed by atoms with E-state index in [1.807, 2.05) is 0 Å². The van der Waals surface area contributed by atoms with Gasteiger partial charge in [-0.1, -0.05) is 20.8 Å². The summed E-state index contributed by atoms with van der Waals surface area (Å²) in [6, 6.07) is 0. The SMILES string of the molecule is CC(C(=O)O)[C@H](O)CC[C@@H](C)[C@H]1CC[C@H]2[C@@H]3CC[C@@H]4C[C@H](O)CC[C@]4(C)[C@H]3C[C@H](O)[C@]12C. The standard InChI is InChI=1S/C27H46O5/c1-15(5-10-23(29)16(2)25(31)32)20-8-9-21-19-7-6-17-13-18(28)11-12-26(17,3)22(19)14-24(30)27(20,21)4/h15-24,28-30H,5-14H2,1-4H3,(H,31,32)/t15-,16?,17-,18-,19+,20-,21+,22+,23-,24+,26+,27-/m1/s1. The number of carboxylic acid groups (broad SMARTS) is 1. The highest BCUT2D eigenvalue weighted by Gasteiger charge is 2.63. The Labute approximate surface area is 194 Å². The molecule has 4 aliphatic carbocycles. The number of rotatable bonds is 6. The smallest absolute Gasteiger partial charge is 0.308 e. The zero-order chi connectivity index (χ0) is 23.4. The van der Waals surface area contributed by atoms with Gasteiger partial charge in [-0.2, -0.15) is 0 Å². The molecule has 32 heavy (non-hydrogen) atoms. The molecular formula is C27H46O5. The second kappa shape index (κ2) is 8.85. The number of carboxylic acids is 1. The van der Waals surface area contributed by atoms with Crippen LogP contribution < -0.4 is 0 Å². The summed E-state index contributed by atoms with van der Waals surface area (Å²) < 4.78 is 0. The van der Waals surface area contributed by atoms with Crippen molar-refractivity contribution >= 4 is 5.97 Å². The van der Waals surface area contributed by atoms with Crippen LogP contribution in [0.2, 0.25) is 0 Å². The van der Waals surface area contributed by atoms with Crippen molar-refractivity contribution in [2.45, 2.75) is 110 Å². The highest BCUT2D eigenvalue weighted by atomic mass is 16.4. The van der Waals surface area contributed by atoms with Crippen LogP contribution in [0.3, 0.4) is 0 Å². The Morgan fingerprint density at radius 1 is 0.969 bits per heavy atom. The third kappa shape index (κ3) is 3.84. The minimum Gasteiger partial charge on any atom is -0.481 e. The van der Waals surface area contributed by atoms with Gasteiger partial charge in [-0.3, -0.25) is 4.79 Å². The molecule has 4 rings (SSSR count). The Balaban J connectivity index is 1.48. The maximum absolute atomic E-state index is 11.6. The molecule has 0 aromatic rings. The van der Waals surface area contributed by atoms with Crippen molar-refractivity contribution in [1.82, 2.24) is 0 Å². The van der Waals surface area contributed by atoms with Crippen LogP contribution in [0.15, 0.2) is 0 Å². The third-order valence-electron chi connectivity index (χ3n) is 11.4. The van der Waals surface area contributed by atoms with Crippen LogP contribution in [0.5, 0.6) is 0 Å². The molecule has 5 nitrogen and oxygen atoms in total. The molecule has 1 unspecified atom stereocenters. The summed E-state index contributed by atoms with van der Waals surface area (Å²) in [6.45, 7) is 8.62. The van der Waals surface area contributed by atoms with E-state index >= 15 is 0 Å². The number of hydrogen-bond donors (Lipinski definition) is 4. The number of carbonyl (C=O) groups is 1. The minimum absolute atomic E-state index is 0.0820. The Kier molecular flexibility index (Phi) is 6.77. The van der Waals surface area contributed by atoms with Gasteiger partial charge in [-0.15, -0.1) is 0 Å². The molecule has 0 saturated heterocycles. The predicted molar refractivity (Wildman–Crippen MR) is 124 cm³/mol. The Morgan fingerprint density at radius 3 is 2.38 bits per heavy atom. The number of fused-ring (bicyclic) bond motifs is 5. The number of aliphatic hydroxyl groups is 3. The van der Waals surface area contributed by atoms with E-state index in [4.69, 9.17) is 0 Å². The summed E-state index contributed by atoms with van der Waals surface area (Å²) in [6.07, 6.45) is 8.67. The van der Waals surface area contributed by atoms with Crippen LogP contribution in [0, 0.1) is 52.3 Å². The zero-order valence-corrected chi connectivity index (χ0v) is 20.5. The van der Waals surface area contributed by atoms with Gasteiger partial charge in [0.1, 0.15) is 0 Å². The molecule has 4 fully saturated rings. The fraction of sp³-hybridized carbons (Fsp3) is 0.963. The topological polar surface area (TPSA) is 98.0 Å². The average Bonchev–Trinajstić information content (AvgIpc) is 3.11. The van der Waals surface area contributed by atoms with Crippen LogP contribution >= 0.6 is 0 Å². The van der Waals surface area contributed by atoms with Gasteiger partial charge in [0, 0.05) is 0 Å². The van der Waals surface area contributed by atoms with E-state index < -0.39 is 18.0 Å². The van der Waals surface area contributed by atoms with Gasteiger partial charge in [-0.05, 0) is 117 Å². The molecule has 0 aliphatic heterocycles. The van der Waals surface area contributed by atoms with E-state index in [0.717, 1.165) is 38.5 Å². The lowest BCUT2D eigenvalue weighted by Crippen LogP contribution is -2.58. The molecule has 4 aliphatic rings. The van der Waals surface area contributed by atoms with Crippen molar-refractivity contribution in [3.05, 3.63) is 0 Å². The molecule has 0 bridgehead atoms. The lowest BCUT2D eigenvalue weighted by molar-refractivity contribution is -0.175. The van der Waals surface area contributed by atoms with E-state index in [-0.39, 0.29) is 23.0 Å². The van der Waals surface area contributed by atoms with E-state index in [9.17, 15) is 25.2 Å². The van der Waals surface area contributed by atoms with Crippen LogP contribution in [0.25, 0.3) is 0 Å². The number of hydrogen-bond acceptors (Lipinski definition) is 4. The van der Waals surface area contributed by atoms with Gasteiger partial charge in [0.15, 0.2) is 0 Å². The molecule has 0 amide bonds. The molecule has 0 aromatic heterocycles. The van der Waals surface area contributed by atoms with Crippen molar-refractivity contribution in [3.8, 4) is 0 Å². The Hall–Kier alpha value is -0.650. The third-order valence-corrected chi connectivity index (χ3v) is 11.4. The molecule has 5 heteroatoms. The zero-order valence-electron chi connectivity index (χ0n) is 20.5. The fourth-order valence-corrected chi connectivity index (χ4v) is 9.21. The van der Waals surface area contributed by atoms with Crippen molar-refractivity contribution < 1.29 is 25.2 Å². The molecule has 0 spiro atoms. The quantitative estimate of drug-likeness (QED) is 0.478. The molecule has 4 N–H and O–H groups in total. The Bertz CT molecular complexity index is 696. The van der Waals surface area contributed by atoms with E-state index in [2.05, 4.69) is 20.8 Å².